The minimum absolute atomic E-state index is 0.252. The summed E-state index contributed by atoms with van der Waals surface area (Å²) in [6.07, 6.45) is -1.09. The second kappa shape index (κ2) is 4.52. The van der Waals surface area contributed by atoms with Gasteiger partial charge in [-0.05, 0) is 26.0 Å². The van der Waals surface area contributed by atoms with Crippen molar-refractivity contribution in [1.82, 2.24) is 0 Å². The molecule has 4 atom stereocenters. The predicted octanol–water partition coefficient (Wildman–Crippen LogP) is 1.11. The van der Waals surface area contributed by atoms with Crippen molar-refractivity contribution in [3.63, 3.8) is 0 Å². The standard InChI is InChI=1S/C15H18O6S/c1-14(2)20-12-11-8-18-15(19-11,13(12)21-14)9-22(16,17)10-6-4-3-5-7-10/h3-7,11-13H,8-9H2,1-2H3/t11-,12+,13+,15-/m0/s1. The van der Waals surface area contributed by atoms with Crippen molar-refractivity contribution in [2.75, 3.05) is 12.4 Å². The highest BCUT2D eigenvalue weighted by Crippen LogP contribution is 2.49. The molecule has 0 unspecified atom stereocenters. The van der Waals surface area contributed by atoms with Gasteiger partial charge in [-0.25, -0.2) is 8.42 Å². The van der Waals surface area contributed by atoms with E-state index in [0.29, 0.717) is 6.61 Å². The van der Waals surface area contributed by atoms with Crippen molar-refractivity contribution in [2.24, 2.45) is 0 Å². The summed E-state index contributed by atoms with van der Waals surface area (Å²) >= 11 is 0. The lowest BCUT2D eigenvalue weighted by molar-refractivity contribution is -0.231. The Morgan fingerprint density at radius 1 is 1.14 bits per heavy atom. The van der Waals surface area contributed by atoms with Crippen LogP contribution in [0.1, 0.15) is 13.8 Å². The normalized spacial score (nSPS) is 39.1. The Morgan fingerprint density at radius 3 is 2.59 bits per heavy atom. The molecule has 2 bridgehead atoms. The van der Waals surface area contributed by atoms with Gasteiger partial charge in [0.15, 0.2) is 15.6 Å². The smallest absolute Gasteiger partial charge is 0.212 e. The molecule has 0 N–H and O–H groups in total. The monoisotopic (exact) mass is 326 g/mol. The molecule has 0 radical (unpaired) electrons. The lowest BCUT2D eigenvalue weighted by Gasteiger charge is -2.31. The molecular weight excluding hydrogens is 308 g/mol. The second-order valence-corrected chi connectivity index (χ2v) is 8.36. The lowest BCUT2D eigenvalue weighted by atomic mass is 10.0. The molecule has 6 nitrogen and oxygen atoms in total. The summed E-state index contributed by atoms with van der Waals surface area (Å²) in [5.74, 6) is -2.31. The molecule has 7 heteroatoms. The van der Waals surface area contributed by atoms with Crippen molar-refractivity contribution in [3.8, 4) is 0 Å². The number of fused-ring (bicyclic) bond motifs is 5. The molecule has 1 aromatic carbocycles. The molecule has 3 heterocycles. The van der Waals surface area contributed by atoms with Crippen LogP contribution < -0.4 is 0 Å². The van der Waals surface area contributed by atoms with Gasteiger partial charge in [-0.2, -0.15) is 0 Å². The van der Waals surface area contributed by atoms with Gasteiger partial charge in [0.1, 0.15) is 24.1 Å². The summed E-state index contributed by atoms with van der Waals surface area (Å²) in [7, 11) is -3.55. The number of sulfone groups is 1. The third kappa shape index (κ3) is 2.11. The quantitative estimate of drug-likeness (QED) is 0.828. The van der Waals surface area contributed by atoms with Gasteiger partial charge in [0.05, 0.1) is 11.5 Å². The van der Waals surface area contributed by atoms with E-state index in [9.17, 15) is 8.42 Å². The van der Waals surface area contributed by atoms with Crippen LogP contribution in [0.25, 0.3) is 0 Å². The summed E-state index contributed by atoms with van der Waals surface area (Å²) in [5, 5.41) is 0. The van der Waals surface area contributed by atoms with Crippen LogP contribution in [0.15, 0.2) is 35.2 Å². The highest BCUT2D eigenvalue weighted by atomic mass is 32.2. The van der Waals surface area contributed by atoms with E-state index < -0.39 is 27.5 Å². The minimum Gasteiger partial charge on any atom is -0.344 e. The average molecular weight is 326 g/mol. The van der Waals surface area contributed by atoms with Crippen LogP contribution in [0.5, 0.6) is 0 Å². The van der Waals surface area contributed by atoms with Gasteiger partial charge in [-0.15, -0.1) is 0 Å². The maximum Gasteiger partial charge on any atom is 0.212 e. The zero-order valence-corrected chi connectivity index (χ0v) is 13.2. The summed E-state index contributed by atoms with van der Waals surface area (Å²) in [6, 6.07) is 8.30. The highest BCUT2D eigenvalue weighted by molar-refractivity contribution is 7.91. The van der Waals surface area contributed by atoms with Gasteiger partial charge in [0.25, 0.3) is 0 Å². The molecular formula is C15H18O6S. The van der Waals surface area contributed by atoms with E-state index in [1.165, 1.54) is 0 Å². The Labute approximate surface area is 129 Å². The molecule has 4 rings (SSSR count). The van der Waals surface area contributed by atoms with Crippen molar-refractivity contribution in [3.05, 3.63) is 30.3 Å². The van der Waals surface area contributed by atoms with E-state index in [2.05, 4.69) is 0 Å². The van der Waals surface area contributed by atoms with E-state index in [1.54, 1.807) is 30.3 Å². The first-order valence-corrected chi connectivity index (χ1v) is 8.92. The van der Waals surface area contributed by atoms with Crippen LogP contribution in [-0.4, -0.2) is 50.7 Å². The first-order valence-electron chi connectivity index (χ1n) is 7.27. The number of benzene rings is 1. The fourth-order valence-corrected chi connectivity index (χ4v) is 4.98. The Balaban J connectivity index is 1.65. The fourth-order valence-electron chi connectivity index (χ4n) is 3.39. The predicted molar refractivity (Wildman–Crippen MR) is 75.9 cm³/mol. The zero-order valence-electron chi connectivity index (χ0n) is 12.4. The van der Waals surface area contributed by atoms with Crippen LogP contribution in [-0.2, 0) is 28.8 Å². The molecule has 1 aromatic rings. The van der Waals surface area contributed by atoms with Gasteiger partial charge in [0, 0.05) is 0 Å². The van der Waals surface area contributed by atoms with Crippen molar-refractivity contribution in [1.29, 1.82) is 0 Å². The van der Waals surface area contributed by atoms with Crippen LogP contribution in [0, 0.1) is 0 Å². The van der Waals surface area contributed by atoms with E-state index in [0.717, 1.165) is 0 Å². The van der Waals surface area contributed by atoms with E-state index in [4.69, 9.17) is 18.9 Å². The van der Waals surface area contributed by atoms with Crippen molar-refractivity contribution in [2.45, 2.75) is 48.6 Å². The molecule has 3 fully saturated rings. The lowest BCUT2D eigenvalue weighted by Crippen LogP contribution is -2.51. The molecule has 120 valence electrons. The topological polar surface area (TPSA) is 71.1 Å². The Morgan fingerprint density at radius 2 is 1.86 bits per heavy atom. The fraction of sp³-hybridized carbons (Fsp3) is 0.600. The van der Waals surface area contributed by atoms with Gasteiger partial charge in [-0.3, -0.25) is 0 Å². The molecule has 0 spiro atoms. The van der Waals surface area contributed by atoms with Crippen LogP contribution in [0.4, 0.5) is 0 Å². The number of hydrogen-bond donors (Lipinski definition) is 0. The third-order valence-electron chi connectivity index (χ3n) is 4.27. The Bertz CT molecular complexity index is 685. The summed E-state index contributed by atoms with van der Waals surface area (Å²) in [6.45, 7) is 3.94. The van der Waals surface area contributed by atoms with Crippen LogP contribution in [0.2, 0.25) is 0 Å². The molecule has 0 saturated carbocycles. The van der Waals surface area contributed by atoms with E-state index in [-0.39, 0.29) is 22.9 Å². The molecule has 3 aliphatic heterocycles. The number of hydrogen-bond acceptors (Lipinski definition) is 6. The maximum atomic E-state index is 12.7. The van der Waals surface area contributed by atoms with Gasteiger partial charge < -0.3 is 18.9 Å². The van der Waals surface area contributed by atoms with Crippen LogP contribution >= 0.6 is 0 Å². The molecule has 0 aromatic heterocycles. The second-order valence-electron chi connectivity index (χ2n) is 6.37. The number of rotatable bonds is 3. The molecule has 3 saturated heterocycles. The van der Waals surface area contributed by atoms with Crippen molar-refractivity contribution >= 4 is 9.84 Å². The van der Waals surface area contributed by atoms with E-state index >= 15 is 0 Å². The largest absolute Gasteiger partial charge is 0.344 e. The van der Waals surface area contributed by atoms with Gasteiger partial charge in [0.2, 0.25) is 5.79 Å². The molecule has 0 aliphatic carbocycles. The first kappa shape index (κ1) is 14.6. The first-order chi connectivity index (χ1) is 10.3. The highest BCUT2D eigenvalue weighted by Gasteiger charge is 2.68. The molecule has 3 aliphatic rings. The minimum atomic E-state index is -3.55. The summed E-state index contributed by atoms with van der Waals surface area (Å²) in [4.78, 5) is 0.252. The maximum absolute atomic E-state index is 12.7. The number of ether oxygens (including phenoxy) is 4. The molecule has 22 heavy (non-hydrogen) atoms. The van der Waals surface area contributed by atoms with Crippen LogP contribution in [0.3, 0.4) is 0 Å². The average Bonchev–Trinajstić information content (AvgIpc) is 3.07. The summed E-state index contributed by atoms with van der Waals surface area (Å²) < 4.78 is 48.5. The van der Waals surface area contributed by atoms with E-state index in [1.807, 2.05) is 13.8 Å². The zero-order chi connectivity index (χ0) is 15.6. The third-order valence-corrected chi connectivity index (χ3v) is 6.04. The van der Waals surface area contributed by atoms with Crippen molar-refractivity contribution < 1.29 is 27.4 Å². The molecule has 0 amide bonds. The SMILES string of the molecule is CC1(C)O[C@@H]2[C@@H]3CO[C@@](CS(=O)(=O)c4ccccc4)(O3)[C@@H]2O1. The Hall–Kier alpha value is -0.990. The summed E-state index contributed by atoms with van der Waals surface area (Å²) in [5.41, 5.74) is 0. The van der Waals surface area contributed by atoms with Gasteiger partial charge in [-0.1, -0.05) is 18.2 Å². The Kier molecular flexibility index (Phi) is 3.00. The van der Waals surface area contributed by atoms with Gasteiger partial charge >= 0.3 is 0 Å².